The molecule has 0 radical (unpaired) electrons. The van der Waals surface area contributed by atoms with E-state index in [0.717, 1.165) is 0 Å². The van der Waals surface area contributed by atoms with Gasteiger partial charge in [-0.15, -0.1) is 0 Å². The summed E-state index contributed by atoms with van der Waals surface area (Å²) < 4.78 is 29.2. The van der Waals surface area contributed by atoms with Crippen LogP contribution in [0.25, 0.3) is 0 Å². The molecule has 2 saturated heterocycles. The van der Waals surface area contributed by atoms with Crippen molar-refractivity contribution in [2.75, 3.05) is 6.61 Å². The Bertz CT molecular complexity index is 608. The van der Waals surface area contributed by atoms with Crippen LogP contribution >= 0.6 is 0 Å². The molecule has 8 nitrogen and oxygen atoms in total. The fraction of sp³-hybridized carbons (Fsp3) is 0.667. The Morgan fingerprint density at radius 3 is 2.87 bits per heavy atom. The van der Waals surface area contributed by atoms with Gasteiger partial charge in [0, 0.05) is 19.3 Å². The monoisotopic (exact) mass is 321 g/mol. The van der Waals surface area contributed by atoms with Crippen molar-refractivity contribution < 1.29 is 23.7 Å². The highest BCUT2D eigenvalue weighted by Gasteiger charge is 2.56. The third-order valence-electron chi connectivity index (χ3n) is 4.04. The summed E-state index contributed by atoms with van der Waals surface area (Å²) in [4.78, 5) is 12.7. The average Bonchev–Trinajstić information content (AvgIpc) is 3.14. The number of hydrogen-bond donors (Lipinski definition) is 0. The minimum atomic E-state index is -0.636. The van der Waals surface area contributed by atoms with Crippen molar-refractivity contribution in [3.8, 4) is 5.88 Å². The zero-order chi connectivity index (χ0) is 16.0. The summed E-state index contributed by atoms with van der Waals surface area (Å²) in [7, 11) is 0. The van der Waals surface area contributed by atoms with Crippen LogP contribution in [0.1, 0.15) is 20.8 Å². The molecule has 4 heterocycles. The predicted molar refractivity (Wildman–Crippen MR) is 78.0 cm³/mol. The van der Waals surface area contributed by atoms with Gasteiger partial charge >= 0.3 is 0 Å². The molecule has 4 rings (SSSR count). The van der Waals surface area contributed by atoms with E-state index in [0.29, 0.717) is 18.4 Å². The lowest BCUT2D eigenvalue weighted by Crippen LogP contribution is -2.44. The molecule has 3 aliphatic rings. The maximum atomic E-state index is 6.01. The van der Waals surface area contributed by atoms with E-state index in [9.17, 15) is 0 Å². The van der Waals surface area contributed by atoms with E-state index in [-0.39, 0.29) is 24.4 Å². The average molecular weight is 321 g/mol. The summed E-state index contributed by atoms with van der Waals surface area (Å²) in [6, 6.07) is -0.255. The summed E-state index contributed by atoms with van der Waals surface area (Å²) in [6.45, 7) is 5.98. The summed E-state index contributed by atoms with van der Waals surface area (Å²) in [5.74, 6) is 0.378. The lowest BCUT2D eigenvalue weighted by atomic mass is 10.0. The molecule has 0 aromatic carbocycles. The Hall–Kier alpha value is -1.77. The molecular weight excluding hydrogens is 302 g/mol. The highest BCUT2D eigenvalue weighted by Crippen LogP contribution is 2.37. The second-order valence-corrected chi connectivity index (χ2v) is 6.22. The molecule has 1 aromatic rings. The van der Waals surface area contributed by atoms with E-state index >= 15 is 0 Å². The number of aliphatic imine (C=N–C) groups is 1. The van der Waals surface area contributed by atoms with Crippen molar-refractivity contribution in [1.82, 2.24) is 9.97 Å². The van der Waals surface area contributed by atoms with Crippen LogP contribution in [0.4, 0.5) is 0 Å². The van der Waals surface area contributed by atoms with Gasteiger partial charge in [-0.3, -0.25) is 4.98 Å². The van der Waals surface area contributed by atoms with Gasteiger partial charge in [0.25, 0.3) is 0 Å². The van der Waals surface area contributed by atoms with Crippen molar-refractivity contribution in [3.05, 3.63) is 18.6 Å². The number of hydrogen-bond acceptors (Lipinski definition) is 8. The Labute approximate surface area is 133 Å². The number of aromatic nitrogens is 2. The van der Waals surface area contributed by atoms with Gasteiger partial charge in [0.1, 0.15) is 12.2 Å². The lowest BCUT2D eigenvalue weighted by Gasteiger charge is -2.25. The summed E-state index contributed by atoms with van der Waals surface area (Å²) in [6.07, 6.45) is 3.28. The molecule has 23 heavy (non-hydrogen) atoms. The molecule has 0 aliphatic carbocycles. The van der Waals surface area contributed by atoms with Crippen LogP contribution < -0.4 is 4.74 Å². The van der Waals surface area contributed by atoms with Crippen LogP contribution in [0.15, 0.2) is 23.6 Å². The smallest absolute Gasteiger partial charge is 0.232 e. The van der Waals surface area contributed by atoms with Crippen LogP contribution in [-0.4, -0.2) is 58.9 Å². The summed E-state index contributed by atoms with van der Waals surface area (Å²) in [5, 5.41) is 0. The molecule has 1 aromatic heterocycles. The quantitative estimate of drug-likeness (QED) is 0.818. The van der Waals surface area contributed by atoms with Crippen molar-refractivity contribution in [3.63, 3.8) is 0 Å². The van der Waals surface area contributed by atoms with E-state index in [1.165, 1.54) is 0 Å². The molecule has 124 valence electrons. The van der Waals surface area contributed by atoms with Gasteiger partial charge in [-0.05, 0) is 13.8 Å². The molecule has 8 heteroatoms. The Balaban J connectivity index is 1.57. The molecule has 0 unspecified atom stereocenters. The number of ether oxygens (including phenoxy) is 5. The van der Waals surface area contributed by atoms with E-state index in [1.807, 2.05) is 13.8 Å². The van der Waals surface area contributed by atoms with Crippen molar-refractivity contribution in [2.24, 2.45) is 4.99 Å². The largest absolute Gasteiger partial charge is 0.468 e. The Morgan fingerprint density at radius 2 is 2.17 bits per heavy atom. The van der Waals surface area contributed by atoms with Crippen LogP contribution in [0.3, 0.4) is 0 Å². The third-order valence-corrected chi connectivity index (χ3v) is 4.04. The van der Waals surface area contributed by atoms with E-state index in [2.05, 4.69) is 15.0 Å². The van der Waals surface area contributed by atoms with E-state index < -0.39 is 12.1 Å². The van der Waals surface area contributed by atoms with Gasteiger partial charge < -0.3 is 23.7 Å². The molecule has 2 fully saturated rings. The molecule has 0 N–H and O–H groups in total. The van der Waals surface area contributed by atoms with Gasteiger partial charge in [0.2, 0.25) is 12.2 Å². The SMILES string of the molecule is CC1=N[C@H]2[C@@H](O1)O[C@H]([C@H]1COC(C)(C)O1)[C@@H]2Oc1cnccn1. The van der Waals surface area contributed by atoms with Crippen LogP contribution in [0.2, 0.25) is 0 Å². The van der Waals surface area contributed by atoms with Crippen molar-refractivity contribution >= 4 is 5.90 Å². The first-order valence-corrected chi connectivity index (χ1v) is 7.63. The standard InChI is InChI=1S/C15H19N3O5/c1-8-18-11-13(21-10-6-16-4-5-17-10)12(22-14(11)20-8)9-7-19-15(2,3)23-9/h4-6,9,11-14H,7H2,1-3H3/t9-,11-,12-,13-,14+/m1/s1. The van der Waals surface area contributed by atoms with E-state index in [4.69, 9.17) is 23.7 Å². The second kappa shape index (κ2) is 5.40. The minimum Gasteiger partial charge on any atom is -0.468 e. The first kappa shape index (κ1) is 14.8. The van der Waals surface area contributed by atoms with E-state index in [1.54, 1.807) is 25.5 Å². The van der Waals surface area contributed by atoms with Crippen LogP contribution in [0.5, 0.6) is 5.88 Å². The number of rotatable bonds is 3. The maximum Gasteiger partial charge on any atom is 0.232 e. The molecular formula is C15H19N3O5. The first-order chi connectivity index (χ1) is 11.0. The van der Waals surface area contributed by atoms with Crippen LogP contribution in [-0.2, 0) is 18.9 Å². The van der Waals surface area contributed by atoms with Gasteiger partial charge in [-0.1, -0.05) is 0 Å². The third kappa shape index (κ3) is 2.77. The summed E-state index contributed by atoms with van der Waals surface area (Å²) >= 11 is 0. The number of fused-ring (bicyclic) bond motifs is 1. The zero-order valence-corrected chi connectivity index (χ0v) is 13.2. The Kier molecular flexibility index (Phi) is 3.47. The zero-order valence-electron chi connectivity index (χ0n) is 13.2. The Morgan fingerprint density at radius 1 is 1.30 bits per heavy atom. The lowest BCUT2D eigenvalue weighted by molar-refractivity contribution is -0.171. The van der Waals surface area contributed by atoms with Crippen molar-refractivity contribution in [2.45, 2.75) is 57.2 Å². The number of nitrogens with zero attached hydrogens (tertiary/aromatic N) is 3. The second-order valence-electron chi connectivity index (χ2n) is 6.22. The fourth-order valence-electron chi connectivity index (χ4n) is 3.10. The molecule has 0 bridgehead atoms. The van der Waals surface area contributed by atoms with Gasteiger partial charge in [-0.25, -0.2) is 9.98 Å². The molecule has 5 atom stereocenters. The fourth-order valence-corrected chi connectivity index (χ4v) is 3.10. The first-order valence-electron chi connectivity index (χ1n) is 7.63. The van der Waals surface area contributed by atoms with Crippen LogP contribution in [0, 0.1) is 0 Å². The summed E-state index contributed by atoms with van der Waals surface area (Å²) in [5.41, 5.74) is 0. The van der Waals surface area contributed by atoms with Gasteiger partial charge in [-0.2, -0.15) is 0 Å². The maximum absolute atomic E-state index is 6.01. The highest BCUT2D eigenvalue weighted by molar-refractivity contribution is 5.75. The van der Waals surface area contributed by atoms with Gasteiger partial charge in [0.05, 0.1) is 12.8 Å². The minimum absolute atomic E-state index is 0.253. The molecule has 0 saturated carbocycles. The topological polar surface area (TPSA) is 84.3 Å². The molecule has 3 aliphatic heterocycles. The van der Waals surface area contributed by atoms with Crippen molar-refractivity contribution in [1.29, 1.82) is 0 Å². The highest BCUT2D eigenvalue weighted by atomic mass is 16.8. The van der Waals surface area contributed by atoms with Gasteiger partial charge in [0.15, 0.2) is 23.8 Å². The molecule has 0 spiro atoms. The predicted octanol–water partition coefficient (Wildman–Crippen LogP) is 0.918. The molecule has 0 amide bonds. The normalized spacial score (nSPS) is 38.0.